The standard InChI is InChI=1S/C21H26N2O4.C2H2O4/c1-25-19-8-9-20(26-2)17(14-19)15-22-10-12-23(13-11-22)21(24)16-27-18-6-4-3-5-7-18;3-1(4)2(5)6/h3-9,14H,10-13,15-16H2,1-2H3;(H,3,4)(H,5,6). The Balaban J connectivity index is 0.000000569. The molecular formula is C23H28N2O8. The number of carbonyl (C=O) groups is 3. The van der Waals surface area contributed by atoms with E-state index in [-0.39, 0.29) is 12.5 Å². The second kappa shape index (κ2) is 12.9. The molecule has 0 unspecified atom stereocenters. The van der Waals surface area contributed by atoms with Gasteiger partial charge in [0.1, 0.15) is 17.2 Å². The first-order valence-electron chi connectivity index (χ1n) is 10.2. The maximum absolute atomic E-state index is 12.4. The number of piperazine rings is 1. The summed E-state index contributed by atoms with van der Waals surface area (Å²) in [6, 6.07) is 15.2. The number of aliphatic carboxylic acids is 2. The Morgan fingerprint density at radius 3 is 2.03 bits per heavy atom. The van der Waals surface area contributed by atoms with Crippen molar-refractivity contribution in [1.29, 1.82) is 0 Å². The number of methoxy groups -OCH3 is 2. The highest BCUT2D eigenvalue weighted by molar-refractivity contribution is 6.27. The van der Waals surface area contributed by atoms with E-state index >= 15 is 0 Å². The van der Waals surface area contributed by atoms with Gasteiger partial charge in [0.05, 0.1) is 14.2 Å². The van der Waals surface area contributed by atoms with Crippen LogP contribution in [0.4, 0.5) is 0 Å². The van der Waals surface area contributed by atoms with E-state index in [1.54, 1.807) is 14.2 Å². The summed E-state index contributed by atoms with van der Waals surface area (Å²) >= 11 is 0. The quantitative estimate of drug-likeness (QED) is 0.592. The van der Waals surface area contributed by atoms with Crippen LogP contribution >= 0.6 is 0 Å². The van der Waals surface area contributed by atoms with Gasteiger partial charge in [-0.1, -0.05) is 18.2 Å². The van der Waals surface area contributed by atoms with Crippen LogP contribution in [0.1, 0.15) is 5.56 Å². The molecule has 0 aliphatic carbocycles. The van der Waals surface area contributed by atoms with Gasteiger partial charge in [-0.2, -0.15) is 0 Å². The normalized spacial score (nSPS) is 13.3. The van der Waals surface area contributed by atoms with Crippen molar-refractivity contribution in [3.05, 3.63) is 54.1 Å². The van der Waals surface area contributed by atoms with Crippen LogP contribution in [0.2, 0.25) is 0 Å². The number of carbonyl (C=O) groups excluding carboxylic acids is 1. The van der Waals surface area contributed by atoms with Crippen molar-refractivity contribution in [2.75, 3.05) is 47.0 Å². The van der Waals surface area contributed by atoms with Gasteiger partial charge < -0.3 is 29.3 Å². The van der Waals surface area contributed by atoms with E-state index in [2.05, 4.69) is 4.90 Å². The molecule has 33 heavy (non-hydrogen) atoms. The summed E-state index contributed by atoms with van der Waals surface area (Å²) in [5, 5.41) is 14.8. The first kappa shape index (κ1) is 25.5. The molecule has 0 radical (unpaired) electrons. The minimum Gasteiger partial charge on any atom is -0.497 e. The largest absolute Gasteiger partial charge is 0.497 e. The lowest BCUT2D eigenvalue weighted by molar-refractivity contribution is -0.159. The Labute approximate surface area is 191 Å². The third-order valence-corrected chi connectivity index (χ3v) is 4.89. The predicted molar refractivity (Wildman–Crippen MR) is 119 cm³/mol. The molecule has 1 amide bonds. The summed E-state index contributed by atoms with van der Waals surface area (Å²) < 4.78 is 16.3. The van der Waals surface area contributed by atoms with E-state index in [0.717, 1.165) is 42.4 Å². The van der Waals surface area contributed by atoms with Crippen LogP contribution in [-0.2, 0) is 20.9 Å². The number of benzene rings is 2. The maximum atomic E-state index is 12.4. The van der Waals surface area contributed by atoms with Crippen molar-refractivity contribution in [3.8, 4) is 17.2 Å². The molecule has 0 aromatic heterocycles. The summed E-state index contributed by atoms with van der Waals surface area (Å²) in [6.45, 7) is 3.87. The smallest absolute Gasteiger partial charge is 0.414 e. The van der Waals surface area contributed by atoms with E-state index < -0.39 is 11.9 Å². The molecule has 178 valence electrons. The Morgan fingerprint density at radius 1 is 0.848 bits per heavy atom. The van der Waals surface area contributed by atoms with Crippen LogP contribution in [0.5, 0.6) is 17.2 Å². The lowest BCUT2D eigenvalue weighted by Gasteiger charge is -2.35. The molecule has 1 aliphatic heterocycles. The average Bonchev–Trinajstić information content (AvgIpc) is 2.84. The van der Waals surface area contributed by atoms with Crippen LogP contribution < -0.4 is 14.2 Å². The molecule has 1 fully saturated rings. The molecule has 1 heterocycles. The first-order valence-corrected chi connectivity index (χ1v) is 10.2. The molecule has 2 aromatic carbocycles. The Morgan fingerprint density at radius 2 is 1.48 bits per heavy atom. The van der Waals surface area contributed by atoms with Gasteiger partial charge in [0, 0.05) is 38.3 Å². The Hall–Kier alpha value is -3.79. The summed E-state index contributed by atoms with van der Waals surface area (Å²) in [7, 11) is 3.34. The van der Waals surface area contributed by atoms with E-state index in [1.807, 2.05) is 53.4 Å². The minimum absolute atomic E-state index is 0.0254. The SMILES string of the molecule is COc1ccc(OC)c(CN2CCN(C(=O)COc3ccccc3)CC2)c1.O=C(O)C(=O)O. The molecule has 3 rings (SSSR count). The molecule has 1 aliphatic rings. The fourth-order valence-electron chi connectivity index (χ4n) is 3.15. The van der Waals surface area contributed by atoms with Crippen molar-refractivity contribution >= 4 is 17.8 Å². The van der Waals surface area contributed by atoms with Crippen molar-refractivity contribution in [2.45, 2.75) is 6.54 Å². The van der Waals surface area contributed by atoms with Gasteiger partial charge in [-0.15, -0.1) is 0 Å². The number of carboxylic acids is 2. The number of hydrogen-bond donors (Lipinski definition) is 2. The van der Waals surface area contributed by atoms with Gasteiger partial charge in [-0.05, 0) is 30.3 Å². The van der Waals surface area contributed by atoms with E-state index in [0.29, 0.717) is 13.1 Å². The molecule has 10 nitrogen and oxygen atoms in total. The first-order chi connectivity index (χ1) is 15.8. The molecule has 10 heteroatoms. The van der Waals surface area contributed by atoms with Crippen LogP contribution in [0.3, 0.4) is 0 Å². The molecule has 2 aromatic rings. The number of nitrogens with zero attached hydrogens (tertiary/aromatic N) is 2. The molecule has 0 saturated carbocycles. The molecule has 1 saturated heterocycles. The molecule has 0 bridgehead atoms. The van der Waals surface area contributed by atoms with Gasteiger partial charge in [0.15, 0.2) is 6.61 Å². The number of carboxylic acid groups (broad SMARTS) is 2. The van der Waals surface area contributed by atoms with E-state index in [4.69, 9.17) is 34.0 Å². The van der Waals surface area contributed by atoms with Crippen LogP contribution in [0, 0.1) is 0 Å². The molecular weight excluding hydrogens is 432 g/mol. The second-order valence-electron chi connectivity index (χ2n) is 7.05. The summed E-state index contributed by atoms with van der Waals surface area (Å²) in [5.74, 6) is -1.24. The molecule has 0 atom stereocenters. The maximum Gasteiger partial charge on any atom is 0.414 e. The third-order valence-electron chi connectivity index (χ3n) is 4.89. The van der Waals surface area contributed by atoms with E-state index in [9.17, 15) is 4.79 Å². The second-order valence-corrected chi connectivity index (χ2v) is 7.05. The lowest BCUT2D eigenvalue weighted by atomic mass is 10.1. The highest BCUT2D eigenvalue weighted by Crippen LogP contribution is 2.25. The van der Waals surface area contributed by atoms with Crippen molar-refractivity contribution < 1.29 is 38.8 Å². The lowest BCUT2D eigenvalue weighted by Crippen LogP contribution is -2.49. The predicted octanol–water partition coefficient (Wildman–Crippen LogP) is 1.58. The van der Waals surface area contributed by atoms with Gasteiger partial charge in [0.2, 0.25) is 0 Å². The van der Waals surface area contributed by atoms with Crippen LogP contribution in [-0.4, -0.2) is 84.9 Å². The third kappa shape index (κ3) is 8.34. The van der Waals surface area contributed by atoms with Gasteiger partial charge in [0.25, 0.3) is 5.91 Å². The number of amides is 1. The zero-order valence-electron chi connectivity index (χ0n) is 18.6. The minimum atomic E-state index is -1.82. The van der Waals surface area contributed by atoms with E-state index in [1.165, 1.54) is 0 Å². The Kier molecular flexibility index (Phi) is 9.97. The van der Waals surface area contributed by atoms with Crippen molar-refractivity contribution in [1.82, 2.24) is 9.80 Å². The topological polar surface area (TPSA) is 126 Å². The van der Waals surface area contributed by atoms with Crippen LogP contribution in [0.15, 0.2) is 48.5 Å². The zero-order chi connectivity index (χ0) is 24.2. The number of para-hydroxylation sites is 1. The number of hydrogen-bond acceptors (Lipinski definition) is 7. The summed E-state index contributed by atoms with van der Waals surface area (Å²) in [6.07, 6.45) is 0. The molecule has 2 N–H and O–H groups in total. The highest BCUT2D eigenvalue weighted by atomic mass is 16.5. The fourth-order valence-corrected chi connectivity index (χ4v) is 3.15. The van der Waals surface area contributed by atoms with Gasteiger partial charge in [-0.3, -0.25) is 9.69 Å². The number of ether oxygens (including phenoxy) is 3. The Bertz CT molecular complexity index is 915. The van der Waals surface area contributed by atoms with Crippen LogP contribution in [0.25, 0.3) is 0 Å². The molecule has 0 spiro atoms. The average molecular weight is 460 g/mol. The van der Waals surface area contributed by atoms with Gasteiger partial charge in [-0.25, -0.2) is 9.59 Å². The highest BCUT2D eigenvalue weighted by Gasteiger charge is 2.22. The zero-order valence-corrected chi connectivity index (χ0v) is 18.6. The monoisotopic (exact) mass is 460 g/mol. The van der Waals surface area contributed by atoms with Crippen molar-refractivity contribution in [3.63, 3.8) is 0 Å². The number of rotatable bonds is 7. The summed E-state index contributed by atoms with van der Waals surface area (Å²) in [4.78, 5) is 34.7. The summed E-state index contributed by atoms with van der Waals surface area (Å²) in [5.41, 5.74) is 1.09. The fraction of sp³-hybridized carbons (Fsp3) is 0.348. The van der Waals surface area contributed by atoms with Crippen molar-refractivity contribution in [2.24, 2.45) is 0 Å². The van der Waals surface area contributed by atoms with Gasteiger partial charge >= 0.3 is 11.9 Å².